The lowest BCUT2D eigenvalue weighted by Gasteiger charge is -2.28. The van der Waals surface area contributed by atoms with Crippen LogP contribution in [0.1, 0.15) is 18.1 Å². The molecule has 2 N–H and O–H groups in total. The number of amides is 4. The highest BCUT2D eigenvalue weighted by atomic mass is 16.5. The Morgan fingerprint density at radius 3 is 2.45 bits per heavy atom. The van der Waals surface area contributed by atoms with Crippen molar-refractivity contribution in [3.05, 3.63) is 59.7 Å². The monoisotopic (exact) mass is 422 g/mol. The number of carbonyl (C=O) groups excluding carboxylic acids is 3. The summed E-state index contributed by atoms with van der Waals surface area (Å²) in [7, 11) is 0. The molecule has 0 radical (unpaired) electrons. The van der Waals surface area contributed by atoms with Gasteiger partial charge in [-0.2, -0.15) is 0 Å². The first-order chi connectivity index (χ1) is 14.9. The number of anilines is 2. The van der Waals surface area contributed by atoms with Crippen LogP contribution in [0.25, 0.3) is 0 Å². The Hall–Kier alpha value is -3.39. The number of benzene rings is 2. The fourth-order valence-electron chi connectivity index (χ4n) is 4.08. The number of nitrogens with zero attached hydrogens (tertiary/aromatic N) is 2. The molecule has 2 aromatic rings. The molecule has 0 aromatic heterocycles. The molecule has 1 unspecified atom stereocenters. The second-order valence-electron chi connectivity index (χ2n) is 7.96. The second kappa shape index (κ2) is 8.39. The number of aryl methyl sites for hydroxylation is 1. The molecule has 0 spiro atoms. The largest absolute Gasteiger partial charge is 0.378 e. The summed E-state index contributed by atoms with van der Waals surface area (Å²) in [5.41, 5.74) is 2.09. The van der Waals surface area contributed by atoms with Gasteiger partial charge in [-0.1, -0.05) is 24.3 Å². The van der Waals surface area contributed by atoms with Crippen LogP contribution in [-0.4, -0.2) is 55.6 Å². The van der Waals surface area contributed by atoms with E-state index in [1.165, 1.54) is 0 Å². The highest BCUT2D eigenvalue weighted by molar-refractivity contribution is 6.10. The highest BCUT2D eigenvalue weighted by Gasteiger charge is 2.50. The summed E-state index contributed by atoms with van der Waals surface area (Å²) in [4.78, 5) is 41.3. The van der Waals surface area contributed by atoms with Gasteiger partial charge in [-0.05, 0) is 49.2 Å². The van der Waals surface area contributed by atoms with Crippen LogP contribution in [0.4, 0.5) is 16.2 Å². The molecule has 4 rings (SSSR count). The summed E-state index contributed by atoms with van der Waals surface area (Å²) in [6, 6.07) is 14.3. The number of carbonyl (C=O) groups is 3. The van der Waals surface area contributed by atoms with E-state index in [2.05, 4.69) is 15.5 Å². The van der Waals surface area contributed by atoms with Crippen LogP contribution in [0.5, 0.6) is 0 Å². The third kappa shape index (κ3) is 4.11. The average Bonchev–Trinajstić information content (AvgIpc) is 2.99. The number of nitrogens with one attached hydrogen (secondary N) is 2. The van der Waals surface area contributed by atoms with Gasteiger partial charge in [0.05, 0.1) is 13.2 Å². The molecule has 0 saturated carbocycles. The molecule has 8 heteroatoms. The summed E-state index contributed by atoms with van der Waals surface area (Å²) in [6.45, 7) is 6.26. The first-order valence-corrected chi connectivity index (χ1v) is 10.3. The van der Waals surface area contributed by atoms with Crippen molar-refractivity contribution in [1.82, 2.24) is 10.2 Å². The average molecular weight is 422 g/mol. The minimum absolute atomic E-state index is 0.350. The number of urea groups is 1. The second-order valence-corrected chi connectivity index (χ2v) is 7.96. The Labute approximate surface area is 181 Å². The van der Waals surface area contributed by atoms with Crippen LogP contribution < -0.4 is 15.5 Å². The van der Waals surface area contributed by atoms with Crippen LogP contribution in [0.3, 0.4) is 0 Å². The predicted molar refractivity (Wildman–Crippen MR) is 117 cm³/mol. The summed E-state index contributed by atoms with van der Waals surface area (Å²) in [5, 5.41) is 5.50. The van der Waals surface area contributed by atoms with Crippen molar-refractivity contribution in [3.63, 3.8) is 0 Å². The predicted octanol–water partition coefficient (Wildman–Crippen LogP) is 2.24. The van der Waals surface area contributed by atoms with E-state index in [1.54, 1.807) is 6.92 Å². The Morgan fingerprint density at radius 1 is 1.10 bits per heavy atom. The van der Waals surface area contributed by atoms with E-state index in [1.807, 2.05) is 55.5 Å². The maximum atomic E-state index is 13.0. The zero-order valence-electron chi connectivity index (χ0n) is 17.7. The van der Waals surface area contributed by atoms with Gasteiger partial charge < -0.3 is 20.3 Å². The molecule has 162 valence electrons. The van der Waals surface area contributed by atoms with Crippen molar-refractivity contribution in [2.45, 2.75) is 19.4 Å². The first-order valence-electron chi connectivity index (χ1n) is 10.3. The molecule has 0 bridgehead atoms. The van der Waals surface area contributed by atoms with Gasteiger partial charge in [0.2, 0.25) is 5.91 Å². The smallest absolute Gasteiger partial charge is 0.325 e. The normalized spacial score (nSPS) is 21.2. The highest BCUT2D eigenvalue weighted by Crippen LogP contribution is 2.30. The van der Waals surface area contributed by atoms with Crippen molar-refractivity contribution in [1.29, 1.82) is 0 Å². The van der Waals surface area contributed by atoms with Gasteiger partial charge in [-0.15, -0.1) is 0 Å². The van der Waals surface area contributed by atoms with E-state index >= 15 is 0 Å². The minimum Gasteiger partial charge on any atom is -0.378 e. The Morgan fingerprint density at radius 2 is 1.77 bits per heavy atom. The Balaban J connectivity index is 1.41. The molecule has 8 nitrogen and oxygen atoms in total. The Kier molecular flexibility index (Phi) is 5.65. The molecule has 0 aliphatic carbocycles. The summed E-state index contributed by atoms with van der Waals surface area (Å²) in [5.74, 6) is -0.874. The zero-order chi connectivity index (χ0) is 22.0. The molecule has 2 aliphatic heterocycles. The number of ether oxygens (including phenoxy) is 1. The van der Waals surface area contributed by atoms with Gasteiger partial charge >= 0.3 is 6.03 Å². The van der Waals surface area contributed by atoms with Gasteiger partial charge in [0.15, 0.2) is 0 Å². The van der Waals surface area contributed by atoms with E-state index in [9.17, 15) is 14.4 Å². The number of imide groups is 1. The van der Waals surface area contributed by atoms with E-state index in [4.69, 9.17) is 4.74 Å². The van der Waals surface area contributed by atoms with Crippen molar-refractivity contribution in [3.8, 4) is 0 Å². The molecular formula is C23H26N4O4. The van der Waals surface area contributed by atoms with Crippen LogP contribution in [-0.2, 0) is 19.9 Å². The number of morpholine rings is 1. The first kappa shape index (κ1) is 20.9. The molecule has 31 heavy (non-hydrogen) atoms. The standard InChI is InChI=1S/C23H26N4O4/c1-16-5-3-4-6-19(16)23(2)21(29)27(22(30)25-23)15-20(28)24-17-7-9-18(10-8-17)26-11-13-31-14-12-26/h3-10H,11-15H2,1-2H3,(H,24,28)(H,25,30). The lowest BCUT2D eigenvalue weighted by atomic mass is 9.88. The van der Waals surface area contributed by atoms with Crippen molar-refractivity contribution >= 4 is 29.2 Å². The van der Waals surface area contributed by atoms with Crippen molar-refractivity contribution in [2.24, 2.45) is 0 Å². The third-order valence-corrected chi connectivity index (χ3v) is 5.79. The summed E-state index contributed by atoms with van der Waals surface area (Å²) < 4.78 is 5.36. The van der Waals surface area contributed by atoms with Crippen LogP contribution in [0.2, 0.25) is 0 Å². The number of rotatable bonds is 5. The van der Waals surface area contributed by atoms with E-state index in [0.717, 1.165) is 34.8 Å². The van der Waals surface area contributed by atoms with Gasteiger partial charge in [0.25, 0.3) is 5.91 Å². The zero-order valence-corrected chi connectivity index (χ0v) is 17.7. The molecular weight excluding hydrogens is 396 g/mol. The molecule has 2 aromatic carbocycles. The van der Waals surface area contributed by atoms with Crippen LogP contribution in [0, 0.1) is 6.92 Å². The van der Waals surface area contributed by atoms with E-state index < -0.39 is 23.4 Å². The van der Waals surface area contributed by atoms with Gasteiger partial charge in [-0.25, -0.2) is 4.79 Å². The molecule has 4 amide bonds. The fraction of sp³-hybridized carbons (Fsp3) is 0.348. The van der Waals surface area contributed by atoms with Gasteiger partial charge in [0.1, 0.15) is 12.1 Å². The van der Waals surface area contributed by atoms with E-state index in [0.29, 0.717) is 18.9 Å². The maximum absolute atomic E-state index is 13.0. The van der Waals surface area contributed by atoms with Crippen molar-refractivity contribution < 1.29 is 19.1 Å². The fourth-order valence-corrected chi connectivity index (χ4v) is 4.08. The summed E-state index contributed by atoms with van der Waals surface area (Å²) >= 11 is 0. The quantitative estimate of drug-likeness (QED) is 0.722. The maximum Gasteiger partial charge on any atom is 0.325 e. The molecule has 2 saturated heterocycles. The Bertz CT molecular complexity index is 1000. The third-order valence-electron chi connectivity index (χ3n) is 5.79. The SMILES string of the molecule is Cc1ccccc1C1(C)NC(=O)N(CC(=O)Nc2ccc(N3CCOCC3)cc2)C1=O. The summed E-state index contributed by atoms with van der Waals surface area (Å²) in [6.07, 6.45) is 0. The topological polar surface area (TPSA) is 91.0 Å². The molecule has 2 fully saturated rings. The van der Waals surface area contributed by atoms with Gasteiger partial charge in [-0.3, -0.25) is 14.5 Å². The molecule has 1 atom stereocenters. The number of hydrogen-bond acceptors (Lipinski definition) is 5. The van der Waals surface area contributed by atoms with Gasteiger partial charge in [0, 0.05) is 24.5 Å². The molecule has 2 aliphatic rings. The lowest BCUT2D eigenvalue weighted by molar-refractivity contribution is -0.133. The van der Waals surface area contributed by atoms with Crippen molar-refractivity contribution in [2.75, 3.05) is 43.1 Å². The lowest BCUT2D eigenvalue weighted by Crippen LogP contribution is -2.42. The minimum atomic E-state index is -1.19. The number of hydrogen-bond donors (Lipinski definition) is 2. The van der Waals surface area contributed by atoms with Crippen LogP contribution in [0.15, 0.2) is 48.5 Å². The molecule has 2 heterocycles. The van der Waals surface area contributed by atoms with E-state index in [-0.39, 0.29) is 6.54 Å². The van der Waals surface area contributed by atoms with Crippen LogP contribution >= 0.6 is 0 Å².